The summed E-state index contributed by atoms with van der Waals surface area (Å²) < 4.78 is 109. The molecule has 4 aromatic heterocycles. The standard InChI is InChI=1S/C25H24ClFN2.C22H19Cl2FN2.C17H18Cl2FNO6S2.C15H14Cl2FNO2/c1-17(2)24-13-20(14-25(28-24)19-8-9-23(27)22(26)12-19)21-15-29(16-21)11-10-18-6-4-3-5-7-18;23-19-10-16(6-7-20(19)25)21-11-17(12-22(24)26-21)18-13-27(14-18)9-8-15-4-2-1-3-5-15;1-17(9-26-28(2,22)23,10-27-29(3,24)25)12-7-15(21-16(19)8-12)11-4-5-14(20)13(18)6-11;1-15(7-20,8-21)10-5-13(19-14(17)6-10)9-2-3-12(18)11(16)4-9/h3-9,12-14,21H,1,10-11,15-16H2,2H3;1-7,10-12,18H,8-9,13-14H2;4-8H,9-10H2,1-3H3;2-6,20-21H,7-8H2,1H3. The van der Waals surface area contributed by atoms with E-state index in [4.69, 9.17) is 94.6 Å². The summed E-state index contributed by atoms with van der Waals surface area (Å²) in [6.45, 7) is 14.2. The molecule has 2 aliphatic heterocycles. The van der Waals surface area contributed by atoms with Gasteiger partial charge in [0.05, 0.1) is 87.5 Å². The fraction of sp³-hybridized carbons (Fsp3) is 0.266. The summed E-state index contributed by atoms with van der Waals surface area (Å²) in [6, 6.07) is 53.2. The molecule has 0 spiro atoms. The first-order valence-corrected chi connectivity index (χ1v) is 39.4. The van der Waals surface area contributed by atoms with Crippen LogP contribution in [0.4, 0.5) is 17.6 Å². The van der Waals surface area contributed by atoms with Crippen LogP contribution in [0.1, 0.15) is 71.7 Å². The maximum absolute atomic E-state index is 13.6. The number of pyridine rings is 4. The SMILES string of the molecule is C=C(C)c1cc(C2CN(CCc3ccccc3)C2)cc(-c2ccc(F)c(Cl)c2)n1.CC(CO)(CO)c1cc(Cl)nc(-c2ccc(F)c(Cl)c2)c1.CC(COS(C)(=O)=O)(COS(C)(=O)=O)c1cc(Cl)nc(-c2ccc(F)c(Cl)c2)c1.Fc1ccc(-c2cc(C3CN(CCc4ccccc4)C3)cc(Cl)n2)cc1Cl. The molecular formula is C79H75Cl7F4N6O8S2. The Hall–Kier alpha value is -6.93. The molecule has 2 aliphatic rings. The van der Waals surface area contributed by atoms with E-state index in [9.17, 15) is 44.6 Å². The van der Waals surface area contributed by atoms with Crippen LogP contribution in [-0.2, 0) is 52.3 Å². The quantitative estimate of drug-likeness (QED) is 0.0350. The largest absolute Gasteiger partial charge is 0.395 e. The molecular weight excluding hydrogens is 1550 g/mol. The van der Waals surface area contributed by atoms with Gasteiger partial charge in [0.1, 0.15) is 38.7 Å². The number of hydrogen-bond donors (Lipinski definition) is 2. The van der Waals surface area contributed by atoms with Gasteiger partial charge in [-0.3, -0.25) is 8.37 Å². The van der Waals surface area contributed by atoms with Crippen molar-refractivity contribution in [3.8, 4) is 45.0 Å². The monoisotopic (exact) mass is 1620 g/mol. The first-order chi connectivity index (χ1) is 50.1. The summed E-state index contributed by atoms with van der Waals surface area (Å²) >= 11 is 41.9. The molecule has 0 radical (unpaired) electrons. The molecule has 558 valence electrons. The van der Waals surface area contributed by atoms with E-state index >= 15 is 0 Å². The summed E-state index contributed by atoms with van der Waals surface area (Å²) in [6.07, 6.45) is 3.87. The molecule has 0 unspecified atom stereocenters. The average Bonchev–Trinajstić information content (AvgIpc) is 0.811. The Morgan fingerprint density at radius 3 is 1.11 bits per heavy atom. The molecule has 6 aromatic carbocycles. The van der Waals surface area contributed by atoms with E-state index < -0.39 is 67.5 Å². The van der Waals surface area contributed by atoms with Crippen LogP contribution in [0.3, 0.4) is 0 Å². The van der Waals surface area contributed by atoms with Crippen LogP contribution >= 0.6 is 81.2 Å². The van der Waals surface area contributed by atoms with Crippen molar-refractivity contribution in [3.05, 3.63) is 286 Å². The van der Waals surface area contributed by atoms with Crippen LogP contribution in [-0.4, -0.2) is 135 Å². The highest BCUT2D eigenvalue weighted by molar-refractivity contribution is 7.86. The fourth-order valence-electron chi connectivity index (χ4n) is 11.4. The Bertz CT molecular complexity index is 4960. The van der Waals surface area contributed by atoms with E-state index in [2.05, 4.69) is 98.1 Å². The fourth-order valence-corrected chi connectivity index (χ4v) is 13.7. The van der Waals surface area contributed by atoms with Crippen LogP contribution in [0.25, 0.3) is 50.6 Å². The van der Waals surface area contributed by atoms with Gasteiger partial charge >= 0.3 is 0 Å². The summed E-state index contributed by atoms with van der Waals surface area (Å²) in [7, 11) is -7.63. The van der Waals surface area contributed by atoms with Crippen molar-refractivity contribution >= 4 is 107 Å². The smallest absolute Gasteiger partial charge is 0.264 e. The molecule has 0 saturated carbocycles. The normalized spacial score (nSPS) is 13.6. The number of aromatic nitrogens is 4. The number of halogens is 11. The summed E-state index contributed by atoms with van der Waals surface area (Å²) in [5.41, 5.74) is 10.9. The van der Waals surface area contributed by atoms with Crippen molar-refractivity contribution in [1.82, 2.24) is 29.7 Å². The number of rotatable bonds is 23. The first-order valence-electron chi connectivity index (χ1n) is 33.1. The van der Waals surface area contributed by atoms with Gasteiger partial charge in [0.15, 0.2) is 0 Å². The van der Waals surface area contributed by atoms with Gasteiger partial charge in [-0.1, -0.05) is 162 Å². The highest BCUT2D eigenvalue weighted by Gasteiger charge is 2.34. The molecule has 0 bridgehead atoms. The summed E-state index contributed by atoms with van der Waals surface area (Å²) in [4.78, 5) is 22.4. The van der Waals surface area contributed by atoms with Crippen molar-refractivity contribution in [2.45, 2.75) is 56.3 Å². The van der Waals surface area contributed by atoms with Gasteiger partial charge < -0.3 is 20.0 Å². The second-order valence-corrected chi connectivity index (χ2v) is 32.5. The van der Waals surface area contributed by atoms with Crippen molar-refractivity contribution in [1.29, 1.82) is 0 Å². The molecule has 2 N–H and O–H groups in total. The third-order valence-electron chi connectivity index (χ3n) is 17.8. The minimum absolute atomic E-state index is 0.0112. The van der Waals surface area contributed by atoms with E-state index in [-0.39, 0.29) is 43.6 Å². The van der Waals surface area contributed by atoms with E-state index in [1.165, 1.54) is 70.8 Å². The molecule has 2 saturated heterocycles. The number of hydrogen-bond acceptors (Lipinski definition) is 14. The van der Waals surface area contributed by atoms with Crippen LogP contribution in [0.2, 0.25) is 35.5 Å². The van der Waals surface area contributed by atoms with Gasteiger partial charge in [-0.25, -0.2) is 37.5 Å². The van der Waals surface area contributed by atoms with Crippen molar-refractivity contribution in [3.63, 3.8) is 0 Å². The molecule has 0 atom stereocenters. The number of allylic oxidation sites excluding steroid dienone is 1. The Morgan fingerprint density at radius 2 is 0.783 bits per heavy atom. The molecule has 0 amide bonds. The highest BCUT2D eigenvalue weighted by atomic mass is 35.5. The highest BCUT2D eigenvalue weighted by Crippen LogP contribution is 2.38. The van der Waals surface area contributed by atoms with Gasteiger partial charge in [0.25, 0.3) is 20.2 Å². The average molecular weight is 1620 g/mol. The zero-order chi connectivity index (χ0) is 76.8. The summed E-state index contributed by atoms with van der Waals surface area (Å²) in [5, 5.41) is 19.7. The van der Waals surface area contributed by atoms with Gasteiger partial charge in [0, 0.05) is 84.2 Å². The number of aliphatic hydroxyl groups excluding tert-OH is 2. The molecule has 14 nitrogen and oxygen atoms in total. The minimum atomic E-state index is -3.81. The Kier molecular flexibility index (Phi) is 29.0. The number of likely N-dealkylation sites (tertiary alicyclic amines) is 2. The predicted octanol–water partition coefficient (Wildman–Crippen LogP) is 18.9. The maximum Gasteiger partial charge on any atom is 0.264 e. The van der Waals surface area contributed by atoms with Gasteiger partial charge in [-0.2, -0.15) is 16.8 Å². The van der Waals surface area contributed by atoms with E-state index in [0.717, 1.165) is 98.4 Å². The minimum Gasteiger partial charge on any atom is -0.395 e. The lowest BCUT2D eigenvalue weighted by molar-refractivity contribution is 0.129. The number of nitrogens with zero attached hydrogens (tertiary/aromatic N) is 6. The molecule has 6 heterocycles. The van der Waals surface area contributed by atoms with Gasteiger partial charge in [-0.05, 0) is 180 Å². The lowest BCUT2D eigenvalue weighted by Crippen LogP contribution is -2.45. The number of benzene rings is 6. The Balaban J connectivity index is 0.000000165. The lowest BCUT2D eigenvalue weighted by atomic mass is 9.84. The zero-order valence-electron chi connectivity index (χ0n) is 58.2. The molecule has 27 heteroatoms. The van der Waals surface area contributed by atoms with Gasteiger partial charge in [-0.15, -0.1) is 0 Å². The maximum atomic E-state index is 13.6. The topological polar surface area (TPSA) is 185 Å². The Morgan fingerprint density at radius 1 is 0.462 bits per heavy atom. The molecule has 12 rings (SSSR count). The van der Waals surface area contributed by atoms with Crippen LogP contribution < -0.4 is 0 Å². The van der Waals surface area contributed by atoms with Crippen LogP contribution in [0, 0.1) is 23.3 Å². The van der Waals surface area contributed by atoms with E-state index in [1.54, 1.807) is 62.4 Å². The molecule has 10 aromatic rings. The third kappa shape index (κ3) is 23.5. The van der Waals surface area contributed by atoms with Crippen molar-refractivity contribution < 1.29 is 53.0 Å². The van der Waals surface area contributed by atoms with Gasteiger partial charge in [0.2, 0.25) is 0 Å². The van der Waals surface area contributed by atoms with Crippen molar-refractivity contribution in [2.75, 3.05) is 78.2 Å². The second-order valence-electron chi connectivity index (χ2n) is 26.5. The van der Waals surface area contributed by atoms with Crippen LogP contribution in [0.5, 0.6) is 0 Å². The Labute approximate surface area is 650 Å². The summed E-state index contributed by atoms with van der Waals surface area (Å²) in [5.74, 6) is -1.06. The second kappa shape index (κ2) is 37.0. The zero-order valence-corrected chi connectivity index (χ0v) is 65.1. The van der Waals surface area contributed by atoms with E-state index in [1.807, 2.05) is 25.1 Å². The van der Waals surface area contributed by atoms with E-state index in [0.29, 0.717) is 50.6 Å². The third-order valence-corrected chi connectivity index (χ3v) is 20.6. The lowest BCUT2D eigenvalue weighted by Gasteiger charge is -2.40. The van der Waals surface area contributed by atoms with Crippen LogP contribution in [0.15, 0.2) is 189 Å². The predicted molar refractivity (Wildman–Crippen MR) is 417 cm³/mol. The first kappa shape index (κ1) is 83.1. The molecule has 2 fully saturated rings. The molecule has 0 aliphatic carbocycles. The number of aliphatic hydroxyl groups is 2. The molecule has 106 heavy (non-hydrogen) atoms. The van der Waals surface area contributed by atoms with Crippen molar-refractivity contribution in [2.24, 2.45) is 0 Å².